The lowest BCUT2D eigenvalue weighted by Crippen LogP contribution is -2.31. The van der Waals surface area contributed by atoms with Crippen LogP contribution < -0.4 is 5.32 Å². The van der Waals surface area contributed by atoms with E-state index in [2.05, 4.69) is 18.2 Å². The minimum Gasteiger partial charge on any atom is -0.389 e. The first-order valence-corrected chi connectivity index (χ1v) is 6.79. The summed E-state index contributed by atoms with van der Waals surface area (Å²) in [6.07, 6.45) is 8.61. The zero-order valence-corrected chi connectivity index (χ0v) is 11.5. The smallest absolute Gasteiger partial charge is 0.0897 e. The van der Waals surface area contributed by atoms with Crippen molar-refractivity contribution in [3.05, 3.63) is 0 Å². The van der Waals surface area contributed by atoms with Gasteiger partial charge in [-0.1, -0.05) is 13.3 Å². The van der Waals surface area contributed by atoms with Crippen LogP contribution in [0.1, 0.15) is 32.6 Å². The second-order valence-corrected chi connectivity index (χ2v) is 4.21. The lowest BCUT2D eigenvalue weighted by Gasteiger charge is -2.12. The third-order valence-corrected chi connectivity index (χ3v) is 2.38. The molecule has 1 unspecified atom stereocenters. The quantitative estimate of drug-likeness (QED) is 0.384. The highest BCUT2D eigenvalue weighted by Gasteiger charge is 2.02. The lowest BCUT2D eigenvalue weighted by molar-refractivity contribution is 0.00398. The van der Waals surface area contributed by atoms with Gasteiger partial charge in [0, 0.05) is 19.6 Å². The molecule has 0 saturated heterocycles. The van der Waals surface area contributed by atoms with Gasteiger partial charge in [0.05, 0.1) is 25.9 Å². The highest BCUT2D eigenvalue weighted by Crippen LogP contribution is 1.89. The van der Waals surface area contributed by atoms with Crippen LogP contribution in [0.3, 0.4) is 0 Å². The maximum atomic E-state index is 9.58. The summed E-state index contributed by atoms with van der Waals surface area (Å²) in [6.45, 7) is 5.79. The van der Waals surface area contributed by atoms with Crippen LogP contribution in [0.25, 0.3) is 0 Å². The van der Waals surface area contributed by atoms with Crippen LogP contribution >= 0.6 is 0 Å². The van der Waals surface area contributed by atoms with Crippen molar-refractivity contribution in [1.82, 2.24) is 5.32 Å². The Labute approximate surface area is 111 Å². The lowest BCUT2D eigenvalue weighted by atomic mass is 10.3. The highest BCUT2D eigenvalue weighted by molar-refractivity contribution is 4.83. The molecular formula is C14H27NO3. The summed E-state index contributed by atoms with van der Waals surface area (Å²) < 4.78 is 10.6. The topological polar surface area (TPSA) is 50.7 Å². The summed E-state index contributed by atoms with van der Waals surface area (Å²) >= 11 is 0. The molecule has 4 heteroatoms. The summed E-state index contributed by atoms with van der Waals surface area (Å²) in [7, 11) is 0. The van der Waals surface area contributed by atoms with Crippen LogP contribution in [0.4, 0.5) is 0 Å². The van der Waals surface area contributed by atoms with E-state index in [-0.39, 0.29) is 0 Å². The minimum atomic E-state index is -0.466. The monoisotopic (exact) mass is 257 g/mol. The van der Waals surface area contributed by atoms with E-state index in [0.717, 1.165) is 38.8 Å². The summed E-state index contributed by atoms with van der Waals surface area (Å²) in [6, 6.07) is 0. The summed E-state index contributed by atoms with van der Waals surface area (Å²) in [5.41, 5.74) is 0. The van der Waals surface area contributed by atoms with E-state index in [1.165, 1.54) is 0 Å². The van der Waals surface area contributed by atoms with E-state index < -0.39 is 6.10 Å². The van der Waals surface area contributed by atoms with E-state index in [9.17, 15) is 5.11 Å². The van der Waals surface area contributed by atoms with Gasteiger partial charge in [-0.3, -0.25) is 0 Å². The van der Waals surface area contributed by atoms with Crippen molar-refractivity contribution < 1.29 is 14.6 Å². The van der Waals surface area contributed by atoms with Gasteiger partial charge in [-0.25, -0.2) is 0 Å². The number of rotatable bonds is 13. The fourth-order valence-electron chi connectivity index (χ4n) is 1.33. The number of ether oxygens (including phenoxy) is 2. The fourth-order valence-corrected chi connectivity index (χ4v) is 1.33. The van der Waals surface area contributed by atoms with E-state index in [0.29, 0.717) is 26.4 Å². The van der Waals surface area contributed by atoms with Crippen molar-refractivity contribution in [3.63, 3.8) is 0 Å². The second-order valence-electron chi connectivity index (χ2n) is 4.21. The van der Waals surface area contributed by atoms with Crippen LogP contribution in [-0.2, 0) is 9.47 Å². The van der Waals surface area contributed by atoms with Gasteiger partial charge >= 0.3 is 0 Å². The Hall–Kier alpha value is -0.600. The molecule has 0 bridgehead atoms. The molecule has 0 radical (unpaired) electrons. The number of terminal acetylenes is 1. The molecule has 0 aliphatic rings. The van der Waals surface area contributed by atoms with E-state index >= 15 is 0 Å². The van der Waals surface area contributed by atoms with Crippen molar-refractivity contribution in [2.45, 2.75) is 38.7 Å². The first-order chi connectivity index (χ1) is 8.81. The molecule has 106 valence electrons. The predicted molar refractivity (Wildman–Crippen MR) is 73.5 cm³/mol. The van der Waals surface area contributed by atoms with Gasteiger partial charge in [0.2, 0.25) is 0 Å². The molecule has 0 aromatic rings. The highest BCUT2D eigenvalue weighted by atomic mass is 16.5. The molecule has 0 saturated carbocycles. The number of unbranched alkanes of at least 4 members (excludes halogenated alkanes) is 2. The van der Waals surface area contributed by atoms with Crippen LogP contribution in [0.5, 0.6) is 0 Å². The molecule has 2 N–H and O–H groups in total. The van der Waals surface area contributed by atoms with Crippen molar-refractivity contribution in [2.75, 3.05) is 39.5 Å². The average molecular weight is 257 g/mol. The molecule has 18 heavy (non-hydrogen) atoms. The molecule has 1 atom stereocenters. The Kier molecular flexibility index (Phi) is 14.0. The Morgan fingerprint density at radius 2 is 2.00 bits per heavy atom. The third-order valence-electron chi connectivity index (χ3n) is 2.38. The van der Waals surface area contributed by atoms with Gasteiger partial charge in [-0.2, -0.15) is 0 Å². The SMILES string of the molecule is C#CCCCNCC(O)COCCOCCCC. The Morgan fingerprint density at radius 1 is 1.22 bits per heavy atom. The molecule has 0 fully saturated rings. The molecule has 0 aliphatic carbocycles. The number of hydrogen-bond acceptors (Lipinski definition) is 4. The molecule has 0 rings (SSSR count). The average Bonchev–Trinajstić information content (AvgIpc) is 2.37. The molecule has 0 heterocycles. The first kappa shape index (κ1) is 17.4. The number of hydrogen-bond donors (Lipinski definition) is 2. The standard InChI is InChI=1S/C14H27NO3/c1-3-5-7-8-15-12-14(16)13-18-11-10-17-9-6-4-2/h1,14-16H,4-13H2,2H3. The molecule has 0 spiro atoms. The molecule has 0 amide bonds. The zero-order valence-electron chi connectivity index (χ0n) is 11.5. The van der Waals surface area contributed by atoms with Gasteiger partial charge in [0.15, 0.2) is 0 Å². The Bertz CT molecular complexity index is 204. The Morgan fingerprint density at radius 3 is 2.72 bits per heavy atom. The van der Waals surface area contributed by atoms with E-state index in [1.54, 1.807) is 0 Å². The zero-order chi connectivity index (χ0) is 13.5. The van der Waals surface area contributed by atoms with Crippen LogP contribution in [0.15, 0.2) is 0 Å². The van der Waals surface area contributed by atoms with Gasteiger partial charge in [0.25, 0.3) is 0 Å². The number of aliphatic hydroxyl groups is 1. The maximum absolute atomic E-state index is 9.58. The molecule has 0 aromatic carbocycles. The second kappa shape index (κ2) is 14.5. The Balaban J connectivity index is 3.12. The van der Waals surface area contributed by atoms with Crippen LogP contribution in [0.2, 0.25) is 0 Å². The number of aliphatic hydroxyl groups excluding tert-OH is 1. The molecular weight excluding hydrogens is 230 g/mol. The van der Waals surface area contributed by atoms with Crippen LogP contribution in [0, 0.1) is 12.3 Å². The van der Waals surface area contributed by atoms with Crippen molar-refractivity contribution in [1.29, 1.82) is 0 Å². The van der Waals surface area contributed by atoms with Gasteiger partial charge in [-0.05, 0) is 19.4 Å². The summed E-state index contributed by atoms with van der Waals surface area (Å²) in [5.74, 6) is 2.58. The summed E-state index contributed by atoms with van der Waals surface area (Å²) in [5, 5.41) is 12.7. The number of nitrogens with one attached hydrogen (secondary N) is 1. The normalized spacial score (nSPS) is 12.3. The third kappa shape index (κ3) is 13.5. The summed E-state index contributed by atoms with van der Waals surface area (Å²) in [4.78, 5) is 0. The minimum absolute atomic E-state index is 0.347. The largest absolute Gasteiger partial charge is 0.389 e. The first-order valence-electron chi connectivity index (χ1n) is 6.79. The van der Waals surface area contributed by atoms with Gasteiger partial charge in [0.1, 0.15) is 0 Å². The van der Waals surface area contributed by atoms with Crippen LogP contribution in [-0.4, -0.2) is 50.7 Å². The maximum Gasteiger partial charge on any atom is 0.0897 e. The molecule has 0 aromatic heterocycles. The predicted octanol–water partition coefficient (Wildman–Crippen LogP) is 1.18. The van der Waals surface area contributed by atoms with Gasteiger partial charge in [-0.15, -0.1) is 12.3 Å². The van der Waals surface area contributed by atoms with Crippen molar-refractivity contribution >= 4 is 0 Å². The van der Waals surface area contributed by atoms with Crippen molar-refractivity contribution in [2.24, 2.45) is 0 Å². The molecule has 4 nitrogen and oxygen atoms in total. The van der Waals surface area contributed by atoms with Crippen molar-refractivity contribution in [3.8, 4) is 12.3 Å². The fraction of sp³-hybridized carbons (Fsp3) is 0.857. The van der Waals surface area contributed by atoms with E-state index in [4.69, 9.17) is 15.9 Å². The molecule has 0 aliphatic heterocycles. The van der Waals surface area contributed by atoms with E-state index in [1.807, 2.05) is 0 Å². The van der Waals surface area contributed by atoms with Gasteiger partial charge < -0.3 is 19.9 Å².